The minimum absolute atomic E-state index is 0.373. The normalized spacial score (nSPS) is 18.5. The summed E-state index contributed by atoms with van der Waals surface area (Å²) >= 11 is 1.81. The molecule has 0 atom stereocenters. The highest BCUT2D eigenvalue weighted by atomic mass is 32.2. The number of nitrogens with zero attached hydrogens (tertiary/aromatic N) is 1. The van der Waals surface area contributed by atoms with E-state index in [1.54, 1.807) is 0 Å². The highest BCUT2D eigenvalue weighted by Gasteiger charge is 2.16. The summed E-state index contributed by atoms with van der Waals surface area (Å²) in [4.78, 5) is 0. The first-order valence-corrected chi connectivity index (χ1v) is 4.49. The number of thioether (sulfide) groups is 1. The minimum atomic E-state index is 0.373. The van der Waals surface area contributed by atoms with Gasteiger partial charge in [0, 0.05) is 6.42 Å². The van der Waals surface area contributed by atoms with Gasteiger partial charge in [-0.25, -0.2) is 0 Å². The van der Waals surface area contributed by atoms with Crippen molar-refractivity contribution in [1.82, 2.24) is 5.43 Å². The maximum atomic E-state index is 4.15. The van der Waals surface area contributed by atoms with Gasteiger partial charge >= 0.3 is 0 Å². The Bertz CT molecular complexity index is 146. The Hall–Kier alpha value is -0.180. The van der Waals surface area contributed by atoms with E-state index in [-0.39, 0.29) is 0 Å². The van der Waals surface area contributed by atoms with E-state index in [4.69, 9.17) is 0 Å². The number of rotatable bonds is 1. The van der Waals surface area contributed by atoms with Crippen LogP contribution in [0.2, 0.25) is 0 Å². The van der Waals surface area contributed by atoms with Gasteiger partial charge in [-0.3, -0.25) is 5.43 Å². The highest BCUT2D eigenvalue weighted by molar-refractivity contribution is 8.14. The second kappa shape index (κ2) is 2.82. The molecule has 0 aromatic carbocycles. The van der Waals surface area contributed by atoms with Crippen molar-refractivity contribution in [3.05, 3.63) is 0 Å². The van der Waals surface area contributed by atoms with Crippen molar-refractivity contribution < 1.29 is 0 Å². The average molecular weight is 158 g/mol. The van der Waals surface area contributed by atoms with Crippen LogP contribution in [-0.4, -0.2) is 10.9 Å². The van der Waals surface area contributed by atoms with Crippen molar-refractivity contribution in [2.45, 2.75) is 27.2 Å². The quantitative estimate of drug-likeness (QED) is 0.631. The lowest BCUT2D eigenvalue weighted by Gasteiger charge is -2.16. The van der Waals surface area contributed by atoms with E-state index in [9.17, 15) is 0 Å². The maximum absolute atomic E-state index is 4.15. The molecule has 0 unspecified atom stereocenters. The van der Waals surface area contributed by atoms with Crippen LogP contribution in [0.25, 0.3) is 0 Å². The summed E-state index contributed by atoms with van der Waals surface area (Å²) in [6.45, 7) is 6.69. The van der Waals surface area contributed by atoms with Crippen LogP contribution in [0.4, 0.5) is 0 Å². The molecule has 1 heterocycles. The fourth-order valence-corrected chi connectivity index (χ4v) is 1.77. The minimum Gasteiger partial charge on any atom is -0.299 e. The van der Waals surface area contributed by atoms with Crippen LogP contribution >= 0.6 is 11.8 Å². The van der Waals surface area contributed by atoms with Crippen LogP contribution in [0.5, 0.6) is 0 Å². The van der Waals surface area contributed by atoms with Gasteiger partial charge in [-0.05, 0) is 5.41 Å². The molecule has 0 bridgehead atoms. The predicted octanol–water partition coefficient (Wildman–Crippen LogP) is 2.03. The Morgan fingerprint density at radius 1 is 1.60 bits per heavy atom. The van der Waals surface area contributed by atoms with Crippen molar-refractivity contribution in [2.24, 2.45) is 10.5 Å². The lowest BCUT2D eigenvalue weighted by atomic mass is 9.93. The standard InChI is InChI=1S/C7H14N2S/c1-7(2,3)4-6-9-8-5-10-6/h8H,4-5H2,1-3H3. The van der Waals surface area contributed by atoms with Gasteiger partial charge in [0.05, 0.1) is 10.9 Å². The van der Waals surface area contributed by atoms with Crippen molar-refractivity contribution in [3.63, 3.8) is 0 Å². The molecular formula is C7H14N2S. The molecule has 1 aliphatic rings. The molecule has 1 rings (SSSR count). The van der Waals surface area contributed by atoms with E-state index in [0.29, 0.717) is 5.41 Å². The van der Waals surface area contributed by atoms with E-state index in [1.807, 2.05) is 11.8 Å². The summed E-state index contributed by atoms with van der Waals surface area (Å²) < 4.78 is 0. The third-order valence-electron chi connectivity index (χ3n) is 1.19. The fraction of sp³-hybridized carbons (Fsp3) is 0.857. The molecule has 0 fully saturated rings. The Kier molecular flexibility index (Phi) is 2.24. The van der Waals surface area contributed by atoms with E-state index in [2.05, 4.69) is 31.3 Å². The van der Waals surface area contributed by atoms with Gasteiger partial charge in [0.1, 0.15) is 0 Å². The van der Waals surface area contributed by atoms with Crippen molar-refractivity contribution in [3.8, 4) is 0 Å². The summed E-state index contributed by atoms with van der Waals surface area (Å²) in [5.74, 6) is 0.950. The molecule has 10 heavy (non-hydrogen) atoms. The molecule has 0 radical (unpaired) electrons. The Balaban J connectivity index is 2.38. The molecule has 0 spiro atoms. The van der Waals surface area contributed by atoms with E-state index >= 15 is 0 Å². The van der Waals surface area contributed by atoms with Gasteiger partial charge in [-0.1, -0.05) is 32.5 Å². The maximum Gasteiger partial charge on any atom is 0.0954 e. The first-order chi connectivity index (χ1) is 4.58. The van der Waals surface area contributed by atoms with Crippen LogP contribution in [0.1, 0.15) is 27.2 Å². The molecule has 0 amide bonds. The molecule has 0 saturated heterocycles. The van der Waals surface area contributed by atoms with Gasteiger partial charge in [0.15, 0.2) is 0 Å². The zero-order valence-electron chi connectivity index (χ0n) is 6.77. The Morgan fingerprint density at radius 3 is 2.70 bits per heavy atom. The fourth-order valence-electron chi connectivity index (χ4n) is 0.813. The number of nitrogens with one attached hydrogen (secondary N) is 1. The zero-order chi connectivity index (χ0) is 7.61. The van der Waals surface area contributed by atoms with Crippen molar-refractivity contribution in [2.75, 3.05) is 5.88 Å². The molecule has 0 aliphatic carbocycles. The third kappa shape index (κ3) is 2.60. The topological polar surface area (TPSA) is 24.4 Å². The van der Waals surface area contributed by atoms with E-state index < -0.39 is 0 Å². The molecule has 0 aromatic heterocycles. The molecule has 2 nitrogen and oxygen atoms in total. The largest absolute Gasteiger partial charge is 0.299 e. The lowest BCUT2D eigenvalue weighted by molar-refractivity contribution is 0.436. The van der Waals surface area contributed by atoms with Gasteiger partial charge < -0.3 is 0 Å². The predicted molar refractivity (Wildman–Crippen MR) is 47.1 cm³/mol. The lowest BCUT2D eigenvalue weighted by Crippen LogP contribution is -2.09. The van der Waals surface area contributed by atoms with Crippen LogP contribution in [-0.2, 0) is 0 Å². The summed E-state index contributed by atoms with van der Waals surface area (Å²) in [5.41, 5.74) is 3.32. The van der Waals surface area contributed by atoms with Crippen LogP contribution < -0.4 is 5.43 Å². The molecule has 3 heteroatoms. The van der Waals surface area contributed by atoms with Gasteiger partial charge in [-0.2, -0.15) is 5.10 Å². The average Bonchev–Trinajstić information content (AvgIpc) is 2.12. The summed E-state index contributed by atoms with van der Waals surface area (Å²) in [5, 5.41) is 5.39. The highest BCUT2D eigenvalue weighted by Crippen LogP contribution is 2.24. The number of hydrogen-bond donors (Lipinski definition) is 1. The summed E-state index contributed by atoms with van der Waals surface area (Å²) in [6.07, 6.45) is 1.09. The van der Waals surface area contributed by atoms with E-state index in [0.717, 1.165) is 12.3 Å². The van der Waals surface area contributed by atoms with Crippen molar-refractivity contribution >= 4 is 16.8 Å². The van der Waals surface area contributed by atoms with Crippen molar-refractivity contribution in [1.29, 1.82) is 0 Å². The molecular weight excluding hydrogens is 144 g/mol. The molecule has 58 valence electrons. The number of hydrogen-bond acceptors (Lipinski definition) is 3. The third-order valence-corrected chi connectivity index (χ3v) is 2.03. The smallest absolute Gasteiger partial charge is 0.0954 e. The second-order valence-electron chi connectivity index (χ2n) is 3.69. The molecule has 0 aromatic rings. The SMILES string of the molecule is CC(C)(C)CC1=NNCS1. The molecule has 1 aliphatic heterocycles. The zero-order valence-corrected chi connectivity index (χ0v) is 7.59. The summed E-state index contributed by atoms with van der Waals surface area (Å²) in [6, 6.07) is 0. The van der Waals surface area contributed by atoms with Crippen LogP contribution in [0.3, 0.4) is 0 Å². The first kappa shape index (κ1) is 7.92. The Labute approximate surface area is 66.5 Å². The van der Waals surface area contributed by atoms with Gasteiger partial charge in [0.25, 0.3) is 0 Å². The Morgan fingerprint density at radius 2 is 2.30 bits per heavy atom. The number of hydrazone groups is 1. The first-order valence-electron chi connectivity index (χ1n) is 3.50. The van der Waals surface area contributed by atoms with Gasteiger partial charge in [0.2, 0.25) is 0 Å². The van der Waals surface area contributed by atoms with Crippen LogP contribution in [0, 0.1) is 5.41 Å². The monoisotopic (exact) mass is 158 g/mol. The van der Waals surface area contributed by atoms with E-state index in [1.165, 1.54) is 5.04 Å². The molecule has 0 saturated carbocycles. The van der Waals surface area contributed by atoms with Gasteiger partial charge in [-0.15, -0.1) is 0 Å². The summed E-state index contributed by atoms with van der Waals surface area (Å²) in [7, 11) is 0. The molecule has 1 N–H and O–H groups in total. The second-order valence-corrected chi connectivity index (χ2v) is 4.74. The van der Waals surface area contributed by atoms with Crippen LogP contribution in [0.15, 0.2) is 5.10 Å².